The average Bonchev–Trinajstić information content (AvgIpc) is 2.75. The molecule has 0 amide bonds. The van der Waals surface area contributed by atoms with Crippen molar-refractivity contribution in [2.24, 2.45) is 5.92 Å². The molecule has 1 saturated heterocycles. The molecule has 1 nitrogen and oxygen atoms in total. The average molecular weight is 225 g/mol. The van der Waals surface area contributed by atoms with Crippen LogP contribution in [-0.2, 0) is 0 Å². The third kappa shape index (κ3) is 2.09. The van der Waals surface area contributed by atoms with Gasteiger partial charge in [-0.05, 0) is 61.5 Å². The number of aryl methyl sites for hydroxylation is 1. The summed E-state index contributed by atoms with van der Waals surface area (Å²) >= 11 is 0. The fraction of sp³-hybridized carbons (Fsp3) is 0.538. The highest BCUT2D eigenvalue weighted by molar-refractivity contribution is 5.28. The number of benzene rings is 1. The predicted octanol–water partition coefficient (Wildman–Crippen LogP) is 2.99. The summed E-state index contributed by atoms with van der Waals surface area (Å²) in [4.78, 5) is 0. The quantitative estimate of drug-likeness (QED) is 0.816. The summed E-state index contributed by atoms with van der Waals surface area (Å²) < 4.78 is 27.2. The van der Waals surface area contributed by atoms with E-state index >= 15 is 0 Å². The highest BCUT2D eigenvalue weighted by Crippen LogP contribution is 2.31. The van der Waals surface area contributed by atoms with E-state index in [4.69, 9.17) is 0 Å². The number of nitrogens with one attached hydrogen (secondary N) is 1. The van der Waals surface area contributed by atoms with Gasteiger partial charge in [0.1, 0.15) is 11.6 Å². The van der Waals surface area contributed by atoms with Gasteiger partial charge in [-0.25, -0.2) is 8.78 Å². The van der Waals surface area contributed by atoms with Crippen molar-refractivity contribution in [3.8, 4) is 0 Å². The first-order chi connectivity index (χ1) is 7.59. The third-order valence-electron chi connectivity index (χ3n) is 3.57. The number of rotatable bonds is 2. The summed E-state index contributed by atoms with van der Waals surface area (Å²) in [5.74, 6) is -0.103. The largest absolute Gasteiger partial charge is 0.316 e. The summed E-state index contributed by atoms with van der Waals surface area (Å²) in [6.45, 7) is 5.44. The molecule has 3 heteroatoms. The molecule has 0 aromatic heterocycles. The summed E-state index contributed by atoms with van der Waals surface area (Å²) in [7, 11) is 0. The van der Waals surface area contributed by atoms with E-state index in [1.807, 2.05) is 6.92 Å². The van der Waals surface area contributed by atoms with Crippen molar-refractivity contribution in [3.05, 3.63) is 34.9 Å². The highest BCUT2D eigenvalue weighted by atomic mass is 19.1. The van der Waals surface area contributed by atoms with Crippen LogP contribution in [0.5, 0.6) is 0 Å². The van der Waals surface area contributed by atoms with E-state index in [0.717, 1.165) is 19.5 Å². The van der Waals surface area contributed by atoms with E-state index in [2.05, 4.69) is 5.32 Å². The van der Waals surface area contributed by atoms with Gasteiger partial charge in [0, 0.05) is 0 Å². The Balaban J connectivity index is 2.28. The molecule has 2 unspecified atom stereocenters. The smallest absolute Gasteiger partial charge is 0.127 e. The van der Waals surface area contributed by atoms with Crippen molar-refractivity contribution in [2.75, 3.05) is 13.1 Å². The molecule has 1 aromatic carbocycles. The molecule has 2 atom stereocenters. The zero-order valence-corrected chi connectivity index (χ0v) is 9.69. The monoisotopic (exact) mass is 225 g/mol. The fourth-order valence-corrected chi connectivity index (χ4v) is 2.37. The molecule has 0 spiro atoms. The molecule has 2 rings (SSSR count). The van der Waals surface area contributed by atoms with Crippen molar-refractivity contribution in [1.82, 2.24) is 5.32 Å². The van der Waals surface area contributed by atoms with E-state index in [9.17, 15) is 8.78 Å². The van der Waals surface area contributed by atoms with Crippen molar-refractivity contribution in [1.29, 1.82) is 0 Å². The minimum atomic E-state index is -0.311. The Labute approximate surface area is 94.9 Å². The molecular formula is C13H17F2N. The maximum atomic E-state index is 13.7. The normalized spacial score (nSPS) is 22.4. The second kappa shape index (κ2) is 4.50. The first-order valence-electron chi connectivity index (χ1n) is 5.76. The van der Waals surface area contributed by atoms with Crippen LogP contribution in [0.2, 0.25) is 0 Å². The van der Waals surface area contributed by atoms with Gasteiger partial charge in [-0.1, -0.05) is 6.92 Å². The molecule has 0 bridgehead atoms. The van der Waals surface area contributed by atoms with Crippen molar-refractivity contribution in [2.45, 2.75) is 26.2 Å². The van der Waals surface area contributed by atoms with Gasteiger partial charge < -0.3 is 5.32 Å². The Kier molecular flexibility index (Phi) is 3.24. The number of hydrogen-bond acceptors (Lipinski definition) is 1. The van der Waals surface area contributed by atoms with Crippen LogP contribution in [0.3, 0.4) is 0 Å². The molecule has 0 saturated carbocycles. The number of halogens is 2. The molecule has 16 heavy (non-hydrogen) atoms. The Hall–Kier alpha value is -0.960. The van der Waals surface area contributed by atoms with Crippen LogP contribution in [0.4, 0.5) is 8.78 Å². The fourth-order valence-electron chi connectivity index (χ4n) is 2.37. The van der Waals surface area contributed by atoms with E-state index < -0.39 is 0 Å². The summed E-state index contributed by atoms with van der Waals surface area (Å²) in [5, 5.41) is 3.25. The lowest BCUT2D eigenvalue weighted by Crippen LogP contribution is -2.15. The van der Waals surface area contributed by atoms with Crippen LogP contribution >= 0.6 is 0 Å². The molecule has 1 N–H and O–H groups in total. The second-order valence-electron chi connectivity index (χ2n) is 4.66. The van der Waals surface area contributed by atoms with Crippen LogP contribution in [0.1, 0.15) is 30.4 Å². The van der Waals surface area contributed by atoms with Crippen molar-refractivity contribution >= 4 is 0 Å². The van der Waals surface area contributed by atoms with Crippen LogP contribution in [-0.4, -0.2) is 13.1 Å². The van der Waals surface area contributed by atoms with Crippen LogP contribution < -0.4 is 5.32 Å². The topological polar surface area (TPSA) is 12.0 Å². The first kappa shape index (κ1) is 11.5. The van der Waals surface area contributed by atoms with Crippen molar-refractivity contribution < 1.29 is 8.78 Å². The van der Waals surface area contributed by atoms with E-state index in [1.165, 1.54) is 12.1 Å². The molecule has 88 valence electrons. The van der Waals surface area contributed by atoms with Gasteiger partial charge in [0.25, 0.3) is 0 Å². The standard InChI is InChI=1S/C13H17F2N/c1-8-5-13(15)11(6-12(8)14)9(2)10-3-4-16-7-10/h5-6,9-10,16H,3-4,7H2,1-2H3. The highest BCUT2D eigenvalue weighted by Gasteiger charge is 2.25. The van der Waals surface area contributed by atoms with E-state index in [-0.39, 0.29) is 17.6 Å². The van der Waals surface area contributed by atoms with Crippen LogP contribution in [0.25, 0.3) is 0 Å². The maximum absolute atomic E-state index is 13.7. The predicted molar refractivity (Wildman–Crippen MR) is 60.5 cm³/mol. The summed E-state index contributed by atoms with van der Waals surface area (Å²) in [6.07, 6.45) is 1.04. The third-order valence-corrected chi connectivity index (χ3v) is 3.57. The maximum Gasteiger partial charge on any atom is 0.127 e. The molecule has 1 aliphatic heterocycles. The van der Waals surface area contributed by atoms with E-state index in [1.54, 1.807) is 6.92 Å². The first-order valence-corrected chi connectivity index (χ1v) is 5.76. The van der Waals surface area contributed by atoms with Gasteiger partial charge in [0.15, 0.2) is 0 Å². The minimum absolute atomic E-state index is 0.0742. The van der Waals surface area contributed by atoms with Crippen LogP contribution in [0.15, 0.2) is 12.1 Å². The molecular weight excluding hydrogens is 208 g/mol. The SMILES string of the molecule is Cc1cc(F)c(C(C)C2CCNC2)cc1F. The van der Waals surface area contributed by atoms with Gasteiger partial charge in [0.2, 0.25) is 0 Å². The Morgan fingerprint density at radius 2 is 2.06 bits per heavy atom. The van der Waals surface area contributed by atoms with Crippen molar-refractivity contribution in [3.63, 3.8) is 0 Å². The summed E-state index contributed by atoms with van der Waals surface area (Å²) in [5.41, 5.74) is 0.884. The molecule has 1 aliphatic rings. The molecule has 1 aromatic rings. The zero-order chi connectivity index (χ0) is 11.7. The lowest BCUT2D eigenvalue weighted by Gasteiger charge is -2.19. The molecule has 0 aliphatic carbocycles. The van der Waals surface area contributed by atoms with E-state index in [0.29, 0.717) is 17.0 Å². The lowest BCUT2D eigenvalue weighted by molar-refractivity contribution is 0.461. The van der Waals surface area contributed by atoms with Gasteiger partial charge in [-0.2, -0.15) is 0 Å². The minimum Gasteiger partial charge on any atom is -0.316 e. The molecule has 1 heterocycles. The van der Waals surface area contributed by atoms with Gasteiger partial charge in [-0.3, -0.25) is 0 Å². The lowest BCUT2D eigenvalue weighted by atomic mass is 9.86. The Morgan fingerprint density at radius 3 is 2.69 bits per heavy atom. The van der Waals surface area contributed by atoms with Crippen LogP contribution in [0, 0.1) is 24.5 Å². The zero-order valence-electron chi connectivity index (χ0n) is 9.69. The molecule has 0 radical (unpaired) electrons. The Morgan fingerprint density at radius 1 is 1.31 bits per heavy atom. The molecule has 1 fully saturated rings. The summed E-state index contributed by atoms with van der Waals surface area (Å²) in [6, 6.07) is 2.65. The van der Waals surface area contributed by atoms with Gasteiger partial charge in [-0.15, -0.1) is 0 Å². The second-order valence-corrected chi connectivity index (χ2v) is 4.66. The van der Waals surface area contributed by atoms with Gasteiger partial charge >= 0.3 is 0 Å². The Bertz CT molecular complexity index is 384. The van der Waals surface area contributed by atoms with Gasteiger partial charge in [0.05, 0.1) is 0 Å². The number of hydrogen-bond donors (Lipinski definition) is 1.